The maximum atomic E-state index is 14.3. The molecule has 14 nitrogen and oxygen atoms in total. The van der Waals surface area contributed by atoms with E-state index >= 15 is 0 Å². The number of aromatic hydroxyl groups is 1. The molecule has 1 atom stereocenters. The third-order valence-corrected chi connectivity index (χ3v) is 9.52. The van der Waals surface area contributed by atoms with Crippen LogP contribution in [-0.2, 0) is 39.2 Å². The maximum Gasteiger partial charge on any atom is 0.416 e. The topological polar surface area (TPSA) is 166 Å². The molecule has 3 aliphatic heterocycles. The molecule has 1 fully saturated rings. The van der Waals surface area contributed by atoms with Crippen molar-refractivity contribution in [2.45, 2.75) is 57.5 Å². The number of hydrogen-bond donors (Lipinski definition) is 2. The first-order valence-electron chi connectivity index (χ1n) is 15.8. The molecule has 7 rings (SSSR count). The molecule has 1 saturated heterocycles. The zero-order valence-electron chi connectivity index (χ0n) is 26.6. The Hall–Kier alpha value is -4.87. The third-order valence-electron chi connectivity index (χ3n) is 9.20. The molecule has 6 heterocycles. The van der Waals surface area contributed by atoms with Gasteiger partial charge in [0.2, 0.25) is 11.7 Å². The fourth-order valence-corrected chi connectivity index (χ4v) is 6.85. The molecule has 1 aromatic carbocycles. The van der Waals surface area contributed by atoms with E-state index in [1.165, 1.54) is 10.9 Å². The number of likely N-dealkylation sites (tertiary alicyclic amines) is 1. The van der Waals surface area contributed by atoms with Gasteiger partial charge in [-0.05, 0) is 56.4 Å². The number of aryl methyl sites for hydroxylation is 1. The van der Waals surface area contributed by atoms with Crippen LogP contribution in [0.5, 0.6) is 5.75 Å². The minimum atomic E-state index is -4.62. The van der Waals surface area contributed by atoms with E-state index in [9.17, 15) is 32.7 Å². The van der Waals surface area contributed by atoms with Crippen LogP contribution in [0.15, 0.2) is 35.4 Å². The second-order valence-electron chi connectivity index (χ2n) is 12.2. The molecule has 3 aromatic heterocycles. The summed E-state index contributed by atoms with van der Waals surface area (Å²) >= 11 is 6.11. The van der Waals surface area contributed by atoms with Crippen molar-refractivity contribution >= 4 is 40.5 Å². The van der Waals surface area contributed by atoms with Crippen molar-refractivity contribution in [3.8, 4) is 5.75 Å². The molecule has 0 saturated carbocycles. The summed E-state index contributed by atoms with van der Waals surface area (Å²) in [7, 11) is 0. The third kappa shape index (κ3) is 5.98. The summed E-state index contributed by atoms with van der Waals surface area (Å²) in [6.45, 7) is 2.36. The lowest BCUT2D eigenvalue weighted by Crippen LogP contribution is -2.37. The molecule has 50 heavy (non-hydrogen) atoms. The fraction of sp³-hybridized carbons (Fsp3) is 0.406. The molecule has 262 valence electrons. The van der Waals surface area contributed by atoms with E-state index in [0.717, 1.165) is 28.3 Å². The lowest BCUT2D eigenvalue weighted by atomic mass is 9.88. The molecule has 4 aromatic rings. The molecule has 1 spiro atoms. The number of nitrogens with zero attached hydrogens (tertiary/aromatic N) is 7. The molecule has 2 amide bonds. The second-order valence-corrected chi connectivity index (χ2v) is 12.6. The Morgan fingerprint density at radius 2 is 2.00 bits per heavy atom. The van der Waals surface area contributed by atoms with Gasteiger partial charge in [-0.1, -0.05) is 17.7 Å². The van der Waals surface area contributed by atoms with E-state index < -0.39 is 41.3 Å². The Balaban J connectivity index is 1.25. The van der Waals surface area contributed by atoms with Crippen molar-refractivity contribution in [1.82, 2.24) is 34.0 Å². The molecule has 0 bridgehead atoms. The molecule has 0 radical (unpaired) electrons. The van der Waals surface area contributed by atoms with Crippen molar-refractivity contribution < 1.29 is 37.3 Å². The average molecular weight is 715 g/mol. The van der Waals surface area contributed by atoms with Crippen LogP contribution in [0.2, 0.25) is 5.02 Å². The van der Waals surface area contributed by atoms with Gasteiger partial charge in [-0.25, -0.2) is 9.97 Å². The first-order valence-corrected chi connectivity index (χ1v) is 16.1. The molecule has 3 aliphatic rings. The van der Waals surface area contributed by atoms with Gasteiger partial charge in [-0.2, -0.15) is 22.7 Å². The predicted octanol–water partition coefficient (Wildman–Crippen LogP) is 3.86. The normalized spacial score (nSPS) is 19.4. The van der Waals surface area contributed by atoms with E-state index in [0.29, 0.717) is 50.5 Å². The highest BCUT2D eigenvalue weighted by atomic mass is 35.5. The van der Waals surface area contributed by atoms with Crippen molar-refractivity contribution in [3.05, 3.63) is 80.0 Å². The van der Waals surface area contributed by atoms with E-state index in [4.69, 9.17) is 21.1 Å². The highest BCUT2D eigenvalue weighted by Gasteiger charge is 2.47. The SMILES string of the molecule is Cc1ncnc(C(=O)N2CCCC3(CC2)OCc2c3c(=O)n3nc(C4=CCOCC4)nc3n2CC(=O)Nc2ccc(C(F)(F)F)cc2Cl)c1O. The van der Waals surface area contributed by atoms with Crippen molar-refractivity contribution in [1.29, 1.82) is 0 Å². The number of nitrogens with one attached hydrogen (secondary N) is 1. The number of alkyl halides is 3. The van der Waals surface area contributed by atoms with Gasteiger partial charge in [-0.15, -0.1) is 5.10 Å². The number of aromatic nitrogens is 6. The zero-order chi connectivity index (χ0) is 35.4. The Kier molecular flexibility index (Phi) is 8.60. The second kappa shape index (κ2) is 12.8. The van der Waals surface area contributed by atoms with Crippen LogP contribution in [0.25, 0.3) is 11.4 Å². The Morgan fingerprint density at radius 3 is 2.74 bits per heavy atom. The quantitative estimate of drug-likeness (QED) is 0.310. The number of ether oxygens (including phenoxy) is 2. The van der Waals surface area contributed by atoms with Gasteiger partial charge in [0.25, 0.3) is 11.5 Å². The van der Waals surface area contributed by atoms with Gasteiger partial charge in [0.15, 0.2) is 17.3 Å². The summed E-state index contributed by atoms with van der Waals surface area (Å²) in [5, 5.41) is 17.2. The first-order chi connectivity index (χ1) is 23.9. The lowest BCUT2D eigenvalue weighted by Gasteiger charge is -2.27. The standard InChI is InChI=1S/C32H30ClF3N8O6/c1-17-26(46)25(38-16-37-17)29(48)42-9-2-7-31(8-10-42)24-22(15-50-31)43(14-23(45)39-21-4-3-19(13-20(21)33)32(34,35)36)30-40-27(41-44(30)28(24)47)18-5-11-49-12-6-18/h3-5,13,16,46H,2,6-12,14-15H2,1H3,(H,39,45). The number of benzene rings is 1. The monoisotopic (exact) mass is 714 g/mol. The first kappa shape index (κ1) is 33.6. The summed E-state index contributed by atoms with van der Waals surface area (Å²) < 4.78 is 54.0. The molecular formula is C32H30ClF3N8O6. The Labute approximate surface area is 286 Å². The number of hydrogen-bond acceptors (Lipinski definition) is 10. The van der Waals surface area contributed by atoms with Crippen molar-refractivity contribution in [2.75, 3.05) is 31.6 Å². The van der Waals surface area contributed by atoms with Crippen LogP contribution >= 0.6 is 11.6 Å². The summed E-state index contributed by atoms with van der Waals surface area (Å²) in [5.74, 6) is -1.07. The highest BCUT2D eigenvalue weighted by molar-refractivity contribution is 6.33. The number of rotatable bonds is 5. The molecule has 1 unspecified atom stereocenters. The molecule has 0 aliphatic carbocycles. The summed E-state index contributed by atoms with van der Waals surface area (Å²) in [6, 6.07) is 2.61. The van der Waals surface area contributed by atoms with Gasteiger partial charge in [0.05, 0.1) is 53.0 Å². The van der Waals surface area contributed by atoms with Gasteiger partial charge in [0, 0.05) is 13.1 Å². The molecule has 2 N–H and O–H groups in total. The number of carbonyl (C=O) groups is 2. The highest BCUT2D eigenvalue weighted by Crippen LogP contribution is 2.43. The molecule has 18 heteroatoms. The zero-order valence-corrected chi connectivity index (χ0v) is 27.3. The lowest BCUT2D eigenvalue weighted by molar-refractivity contribution is -0.137. The van der Waals surface area contributed by atoms with Gasteiger partial charge < -0.3 is 29.4 Å². The number of halogens is 4. The van der Waals surface area contributed by atoms with E-state index in [2.05, 4.69) is 25.4 Å². The van der Waals surface area contributed by atoms with Gasteiger partial charge in [0.1, 0.15) is 18.5 Å². The Morgan fingerprint density at radius 1 is 1.18 bits per heavy atom. The number of amides is 2. The van der Waals surface area contributed by atoms with Gasteiger partial charge in [-0.3, -0.25) is 14.4 Å². The summed E-state index contributed by atoms with van der Waals surface area (Å²) in [6.07, 6.45) is -0.0690. The van der Waals surface area contributed by atoms with E-state index in [1.807, 2.05) is 6.08 Å². The smallest absolute Gasteiger partial charge is 0.416 e. The number of carbonyl (C=O) groups excluding carboxylic acids is 2. The predicted molar refractivity (Wildman–Crippen MR) is 170 cm³/mol. The minimum Gasteiger partial charge on any atom is -0.504 e. The van der Waals surface area contributed by atoms with Crippen molar-refractivity contribution in [3.63, 3.8) is 0 Å². The average Bonchev–Trinajstić information content (AvgIpc) is 3.63. The van der Waals surface area contributed by atoms with E-state index in [-0.39, 0.29) is 58.8 Å². The molecular weight excluding hydrogens is 685 g/mol. The fourth-order valence-electron chi connectivity index (χ4n) is 6.62. The van der Waals surface area contributed by atoms with Crippen LogP contribution in [0.1, 0.15) is 64.5 Å². The number of anilines is 1. The van der Waals surface area contributed by atoms with Crippen molar-refractivity contribution in [2.24, 2.45) is 0 Å². The van der Waals surface area contributed by atoms with Crippen LogP contribution < -0.4 is 10.9 Å². The minimum absolute atomic E-state index is 0.0286. The Bertz CT molecular complexity index is 2130. The van der Waals surface area contributed by atoms with Gasteiger partial charge >= 0.3 is 6.18 Å². The summed E-state index contributed by atoms with van der Waals surface area (Å²) in [5.41, 5.74) is -1.04. The summed E-state index contributed by atoms with van der Waals surface area (Å²) in [4.78, 5) is 55.3. The van der Waals surface area contributed by atoms with Crippen LogP contribution in [-0.4, -0.2) is 77.3 Å². The maximum absolute atomic E-state index is 14.3. The van der Waals surface area contributed by atoms with Crippen LogP contribution in [0, 0.1) is 6.92 Å². The van der Waals surface area contributed by atoms with Crippen LogP contribution in [0.4, 0.5) is 18.9 Å². The number of fused-ring (bicyclic) bond motifs is 3. The van der Waals surface area contributed by atoms with E-state index in [1.54, 1.807) is 11.8 Å². The van der Waals surface area contributed by atoms with Crippen LogP contribution in [0.3, 0.4) is 0 Å². The largest absolute Gasteiger partial charge is 0.504 e.